The number of carbonyl (C=O) groups is 2. The second-order valence-electron chi connectivity index (χ2n) is 12.5. The molecule has 14 nitrogen and oxygen atoms in total. The van der Waals surface area contributed by atoms with Gasteiger partial charge in [0.15, 0.2) is 5.76 Å². The SMILES string of the molecule is COC(=O)c1ccc([C@@H]2C=C(C(=O)N3CCC(n4c(=O)[nH]c5ccccc54)CC3)O[C@H](OCCN(CCO)S(=O)(=O)c3ccc(OC)cc3)C2)cc1. The van der Waals surface area contributed by atoms with Crippen molar-refractivity contribution in [2.24, 2.45) is 0 Å². The Morgan fingerprint density at radius 3 is 2.37 bits per heavy atom. The number of hydrogen-bond donors (Lipinski definition) is 2. The molecule has 0 bridgehead atoms. The van der Waals surface area contributed by atoms with Crippen molar-refractivity contribution in [2.75, 3.05) is 53.6 Å². The number of imidazole rings is 1. The van der Waals surface area contributed by atoms with Crippen molar-refractivity contribution >= 4 is 32.9 Å². The Balaban J connectivity index is 1.16. The molecule has 2 atom stereocenters. The topological polar surface area (TPSA) is 170 Å². The zero-order chi connectivity index (χ0) is 36.8. The molecule has 0 unspecified atom stereocenters. The van der Waals surface area contributed by atoms with Crippen molar-refractivity contribution in [1.29, 1.82) is 0 Å². The van der Waals surface area contributed by atoms with Crippen LogP contribution in [0.5, 0.6) is 5.75 Å². The number of fused-ring (bicyclic) bond motifs is 1. The maximum absolute atomic E-state index is 13.9. The second-order valence-corrected chi connectivity index (χ2v) is 14.5. The number of sulfonamides is 1. The van der Waals surface area contributed by atoms with Gasteiger partial charge in [-0.3, -0.25) is 9.36 Å². The minimum atomic E-state index is -3.97. The van der Waals surface area contributed by atoms with Crippen LogP contribution in [0.25, 0.3) is 11.0 Å². The number of amides is 1. The van der Waals surface area contributed by atoms with Crippen LogP contribution in [0.15, 0.2) is 94.3 Å². The van der Waals surface area contributed by atoms with Gasteiger partial charge in [0, 0.05) is 44.6 Å². The minimum Gasteiger partial charge on any atom is -0.497 e. The molecule has 6 rings (SSSR count). The standard InChI is InChI=1S/C37H42N4O10S/c1-48-29-11-13-30(14-12-29)52(46,47)40(19-21-42)20-22-50-34-24-27(25-7-9-26(10-8-25)36(44)49-2)23-33(51-34)35(43)39-17-15-28(16-18-39)41-32-6-4-3-5-31(32)38-37(41)45/h3-14,23,27-28,34,42H,15-22,24H2,1-2H3,(H,38,45)/t27-,34+/m1/s1. The number of nitrogens with one attached hydrogen (secondary N) is 1. The summed E-state index contributed by atoms with van der Waals surface area (Å²) in [4.78, 5) is 43.4. The Morgan fingerprint density at radius 2 is 1.69 bits per heavy atom. The monoisotopic (exact) mass is 734 g/mol. The number of carbonyl (C=O) groups excluding carboxylic acids is 2. The van der Waals surface area contributed by atoms with Crippen molar-refractivity contribution in [1.82, 2.24) is 18.8 Å². The molecular weight excluding hydrogens is 692 g/mol. The zero-order valence-electron chi connectivity index (χ0n) is 29.0. The Kier molecular flexibility index (Phi) is 11.4. The fraction of sp³-hybridized carbons (Fsp3) is 0.378. The first-order valence-electron chi connectivity index (χ1n) is 17.0. The molecule has 1 aromatic heterocycles. The molecule has 3 heterocycles. The van der Waals surface area contributed by atoms with E-state index in [0.717, 1.165) is 20.9 Å². The molecule has 1 fully saturated rings. The first kappa shape index (κ1) is 36.8. The lowest BCUT2D eigenvalue weighted by Gasteiger charge is -2.35. The fourth-order valence-electron chi connectivity index (χ4n) is 6.69. The molecule has 1 saturated heterocycles. The number of methoxy groups -OCH3 is 2. The summed E-state index contributed by atoms with van der Waals surface area (Å²) in [6, 6.07) is 20.3. The molecule has 0 saturated carbocycles. The van der Waals surface area contributed by atoms with E-state index in [1.165, 1.54) is 26.4 Å². The van der Waals surface area contributed by atoms with E-state index in [2.05, 4.69) is 4.98 Å². The van der Waals surface area contributed by atoms with Crippen LogP contribution in [0.4, 0.5) is 0 Å². The number of ether oxygens (including phenoxy) is 4. The summed E-state index contributed by atoms with van der Waals surface area (Å²) in [7, 11) is -1.17. The quantitative estimate of drug-likeness (QED) is 0.194. The number of rotatable bonds is 13. The van der Waals surface area contributed by atoms with E-state index < -0.39 is 28.9 Å². The minimum absolute atomic E-state index is 0.0419. The highest BCUT2D eigenvalue weighted by molar-refractivity contribution is 7.89. The molecule has 2 aliphatic heterocycles. The van der Waals surface area contributed by atoms with Gasteiger partial charge in [-0.1, -0.05) is 24.3 Å². The number of allylic oxidation sites excluding steroid dienone is 1. The van der Waals surface area contributed by atoms with Crippen LogP contribution in [0, 0.1) is 0 Å². The first-order chi connectivity index (χ1) is 25.1. The van der Waals surface area contributed by atoms with E-state index in [4.69, 9.17) is 18.9 Å². The van der Waals surface area contributed by atoms with Crippen LogP contribution in [0.2, 0.25) is 0 Å². The van der Waals surface area contributed by atoms with E-state index >= 15 is 0 Å². The van der Waals surface area contributed by atoms with E-state index in [1.54, 1.807) is 51.9 Å². The Labute approximate surface area is 301 Å². The van der Waals surface area contributed by atoms with Gasteiger partial charge in [-0.25, -0.2) is 18.0 Å². The third kappa shape index (κ3) is 7.92. The maximum Gasteiger partial charge on any atom is 0.337 e. The second kappa shape index (κ2) is 16.2. The van der Waals surface area contributed by atoms with Gasteiger partial charge in [-0.15, -0.1) is 0 Å². The Hall–Kier alpha value is -4.96. The van der Waals surface area contributed by atoms with Gasteiger partial charge in [-0.2, -0.15) is 4.31 Å². The van der Waals surface area contributed by atoms with Crippen LogP contribution in [-0.2, 0) is 29.0 Å². The van der Waals surface area contributed by atoms with Crippen molar-refractivity contribution in [3.05, 3.63) is 106 Å². The number of aliphatic hydroxyl groups is 1. The maximum atomic E-state index is 13.9. The van der Waals surface area contributed by atoms with Gasteiger partial charge in [0.2, 0.25) is 16.3 Å². The van der Waals surface area contributed by atoms with Crippen LogP contribution >= 0.6 is 0 Å². The molecule has 3 aromatic carbocycles. The number of nitrogens with zero attached hydrogens (tertiary/aromatic N) is 3. The predicted molar refractivity (Wildman–Crippen MR) is 190 cm³/mol. The number of piperidine rings is 1. The number of para-hydroxylation sites is 2. The normalized spacial score (nSPS) is 18.2. The highest BCUT2D eigenvalue weighted by Crippen LogP contribution is 2.34. The lowest BCUT2D eigenvalue weighted by atomic mass is 9.92. The van der Waals surface area contributed by atoms with Crippen LogP contribution < -0.4 is 10.4 Å². The molecule has 0 spiro atoms. The predicted octanol–water partition coefficient (Wildman–Crippen LogP) is 3.40. The summed E-state index contributed by atoms with van der Waals surface area (Å²) in [6.07, 6.45) is 2.30. The van der Waals surface area contributed by atoms with Gasteiger partial charge in [0.1, 0.15) is 5.75 Å². The van der Waals surface area contributed by atoms with Gasteiger partial charge in [0.05, 0.1) is 48.9 Å². The molecule has 2 aliphatic rings. The summed E-state index contributed by atoms with van der Waals surface area (Å²) in [5.74, 6) is -0.519. The third-order valence-electron chi connectivity index (χ3n) is 9.46. The number of aliphatic hydroxyl groups excluding tert-OH is 1. The number of benzene rings is 3. The average Bonchev–Trinajstić information content (AvgIpc) is 3.52. The van der Waals surface area contributed by atoms with Crippen molar-refractivity contribution in [3.63, 3.8) is 0 Å². The fourth-order valence-corrected chi connectivity index (χ4v) is 8.11. The lowest BCUT2D eigenvalue weighted by molar-refractivity contribution is -0.153. The van der Waals surface area contributed by atoms with E-state index in [1.807, 2.05) is 24.3 Å². The van der Waals surface area contributed by atoms with Crippen molar-refractivity contribution in [2.45, 2.75) is 42.4 Å². The summed E-state index contributed by atoms with van der Waals surface area (Å²) in [6.45, 7) is 0.0922. The molecule has 52 heavy (non-hydrogen) atoms. The van der Waals surface area contributed by atoms with Crippen LogP contribution in [0.1, 0.15) is 47.1 Å². The van der Waals surface area contributed by atoms with E-state index in [0.29, 0.717) is 43.7 Å². The van der Waals surface area contributed by atoms with E-state index in [9.17, 15) is 27.9 Å². The first-order valence-corrected chi connectivity index (χ1v) is 18.5. The molecule has 0 aliphatic carbocycles. The van der Waals surface area contributed by atoms with Gasteiger partial charge in [-0.05, 0) is 73.0 Å². The summed E-state index contributed by atoms with van der Waals surface area (Å²) >= 11 is 0. The summed E-state index contributed by atoms with van der Waals surface area (Å²) < 4.78 is 51.9. The van der Waals surface area contributed by atoms with Gasteiger partial charge >= 0.3 is 11.7 Å². The number of H-pyrrole nitrogens is 1. The van der Waals surface area contributed by atoms with Crippen LogP contribution in [-0.4, -0.2) is 104 Å². The van der Waals surface area contributed by atoms with Crippen molar-refractivity contribution < 1.29 is 42.1 Å². The molecule has 4 aromatic rings. The highest BCUT2D eigenvalue weighted by atomic mass is 32.2. The lowest BCUT2D eigenvalue weighted by Crippen LogP contribution is -2.43. The molecule has 0 radical (unpaired) electrons. The smallest absolute Gasteiger partial charge is 0.337 e. The van der Waals surface area contributed by atoms with Gasteiger partial charge < -0.3 is 33.9 Å². The molecular formula is C37H42N4O10S. The molecule has 2 N–H and O–H groups in total. The molecule has 1 amide bonds. The van der Waals surface area contributed by atoms with Crippen LogP contribution in [0.3, 0.4) is 0 Å². The molecule has 276 valence electrons. The highest BCUT2D eigenvalue weighted by Gasteiger charge is 2.34. The largest absolute Gasteiger partial charge is 0.497 e. The average molecular weight is 735 g/mol. The number of esters is 1. The molecule has 15 heteroatoms. The van der Waals surface area contributed by atoms with E-state index in [-0.39, 0.29) is 53.9 Å². The van der Waals surface area contributed by atoms with Crippen molar-refractivity contribution in [3.8, 4) is 5.75 Å². The number of likely N-dealkylation sites (tertiary alicyclic amines) is 1. The number of aromatic nitrogens is 2. The number of aromatic amines is 1. The van der Waals surface area contributed by atoms with Gasteiger partial charge in [0.25, 0.3) is 5.91 Å². The zero-order valence-corrected chi connectivity index (χ0v) is 29.8. The third-order valence-corrected chi connectivity index (χ3v) is 11.4. The summed E-state index contributed by atoms with van der Waals surface area (Å²) in [5.41, 5.74) is 2.61. The Bertz CT molecular complexity index is 2070. The summed E-state index contributed by atoms with van der Waals surface area (Å²) in [5, 5.41) is 9.67. The Morgan fingerprint density at radius 1 is 0.981 bits per heavy atom. The number of hydrogen-bond acceptors (Lipinski definition) is 10.